The molecule has 2 rings (SSSR count). The highest BCUT2D eigenvalue weighted by Crippen LogP contribution is 2.22. The largest absolute Gasteiger partial charge is 0.497 e. The first kappa shape index (κ1) is 10.9. The molecule has 0 aromatic heterocycles. The fourth-order valence-electron chi connectivity index (χ4n) is 1.27. The van der Waals surface area contributed by atoms with E-state index >= 15 is 0 Å². The number of hydrogen-bond acceptors (Lipinski definition) is 3. The van der Waals surface area contributed by atoms with E-state index in [2.05, 4.69) is 16.9 Å². The third kappa shape index (κ3) is 2.94. The van der Waals surface area contributed by atoms with Gasteiger partial charge in [0.25, 0.3) is 0 Å². The monoisotopic (exact) mass is 231 g/mol. The van der Waals surface area contributed by atoms with Gasteiger partial charge >= 0.3 is 0 Å². The lowest BCUT2D eigenvalue weighted by Crippen LogP contribution is -1.87. The maximum Gasteiger partial charge on any atom is 0.119 e. The summed E-state index contributed by atoms with van der Waals surface area (Å²) in [6.07, 6.45) is 0. The molecule has 0 bridgehead atoms. The molecule has 2 nitrogen and oxygen atoms in total. The minimum absolute atomic E-state index is 0.871. The molecule has 0 unspecified atom stereocenters. The quantitative estimate of drug-likeness (QED) is 0.808. The highest BCUT2D eigenvalue weighted by atomic mass is 32.2. The highest BCUT2D eigenvalue weighted by Gasteiger charge is 1.95. The highest BCUT2D eigenvalue weighted by molar-refractivity contribution is 8.00. The van der Waals surface area contributed by atoms with Crippen LogP contribution in [0.1, 0.15) is 0 Å². The molecule has 0 atom stereocenters. The Morgan fingerprint density at radius 2 is 1.62 bits per heavy atom. The van der Waals surface area contributed by atoms with Gasteiger partial charge in [-0.25, -0.2) is 0 Å². The zero-order valence-electron chi connectivity index (χ0n) is 9.01. The van der Waals surface area contributed by atoms with Crippen molar-refractivity contribution in [3.63, 3.8) is 0 Å². The van der Waals surface area contributed by atoms with E-state index in [-0.39, 0.29) is 0 Å². The van der Waals surface area contributed by atoms with Crippen molar-refractivity contribution < 1.29 is 4.74 Å². The third-order valence-electron chi connectivity index (χ3n) is 2.12. The molecule has 82 valence electrons. The molecule has 0 amide bonds. The lowest BCUT2D eigenvalue weighted by Gasteiger charge is -2.06. The van der Waals surface area contributed by atoms with Crippen molar-refractivity contribution in [3.8, 4) is 5.75 Å². The fraction of sp³-hybridized carbons (Fsp3) is 0.0769. The zero-order valence-corrected chi connectivity index (χ0v) is 9.83. The summed E-state index contributed by atoms with van der Waals surface area (Å²) >= 11 is 1.60. The van der Waals surface area contributed by atoms with Crippen LogP contribution in [0.5, 0.6) is 5.75 Å². The lowest BCUT2D eigenvalue weighted by molar-refractivity contribution is 0.415. The van der Waals surface area contributed by atoms with Crippen LogP contribution in [0.15, 0.2) is 59.5 Å². The van der Waals surface area contributed by atoms with E-state index in [1.54, 1.807) is 19.1 Å². The van der Waals surface area contributed by atoms with Gasteiger partial charge in [-0.05, 0) is 48.3 Å². The standard InChI is InChI=1S/C13H13NOS/c1-15-12-9-7-11(8-10-12)14-16-13-5-3-2-4-6-13/h2-10,14H,1H3. The molecule has 0 radical (unpaired) electrons. The van der Waals surface area contributed by atoms with Gasteiger partial charge in [0.1, 0.15) is 5.75 Å². The summed E-state index contributed by atoms with van der Waals surface area (Å²) in [7, 11) is 1.67. The zero-order chi connectivity index (χ0) is 11.2. The predicted octanol–water partition coefficient (Wildman–Crippen LogP) is 3.81. The van der Waals surface area contributed by atoms with Crippen molar-refractivity contribution in [1.82, 2.24) is 0 Å². The van der Waals surface area contributed by atoms with Crippen molar-refractivity contribution in [1.29, 1.82) is 0 Å². The Morgan fingerprint density at radius 3 is 2.25 bits per heavy atom. The number of ether oxygens (including phenoxy) is 1. The molecule has 3 heteroatoms. The number of benzene rings is 2. The average Bonchev–Trinajstić information content (AvgIpc) is 2.38. The Labute approximate surface area is 99.8 Å². The van der Waals surface area contributed by atoms with Gasteiger partial charge in [0.2, 0.25) is 0 Å². The molecule has 0 saturated carbocycles. The van der Waals surface area contributed by atoms with E-state index < -0.39 is 0 Å². The fourth-order valence-corrected chi connectivity index (χ4v) is 1.93. The third-order valence-corrected chi connectivity index (χ3v) is 2.97. The Bertz CT molecular complexity index is 427. The molecule has 0 spiro atoms. The Morgan fingerprint density at radius 1 is 0.938 bits per heavy atom. The molecular weight excluding hydrogens is 218 g/mol. The maximum atomic E-state index is 5.10. The first-order chi connectivity index (χ1) is 7.88. The van der Waals surface area contributed by atoms with Gasteiger partial charge in [-0.15, -0.1) is 0 Å². The molecule has 16 heavy (non-hydrogen) atoms. The summed E-state index contributed by atoms with van der Waals surface area (Å²) in [4.78, 5) is 1.19. The topological polar surface area (TPSA) is 21.3 Å². The summed E-state index contributed by atoms with van der Waals surface area (Å²) in [5.41, 5.74) is 1.06. The summed E-state index contributed by atoms with van der Waals surface area (Å²) in [5, 5.41) is 0. The van der Waals surface area contributed by atoms with Crippen molar-refractivity contribution in [2.45, 2.75) is 4.90 Å². The van der Waals surface area contributed by atoms with Crippen LogP contribution in [-0.2, 0) is 0 Å². The van der Waals surface area contributed by atoms with E-state index in [1.807, 2.05) is 42.5 Å². The number of hydrogen-bond donors (Lipinski definition) is 1. The van der Waals surface area contributed by atoms with Crippen molar-refractivity contribution in [2.24, 2.45) is 0 Å². The van der Waals surface area contributed by atoms with Crippen LogP contribution in [-0.4, -0.2) is 7.11 Å². The predicted molar refractivity (Wildman–Crippen MR) is 68.9 cm³/mol. The van der Waals surface area contributed by atoms with Gasteiger partial charge in [-0.2, -0.15) is 0 Å². The smallest absolute Gasteiger partial charge is 0.119 e. The Balaban J connectivity index is 1.94. The Kier molecular flexibility index (Phi) is 3.72. The summed E-state index contributed by atoms with van der Waals surface area (Å²) < 4.78 is 8.37. The molecule has 0 fully saturated rings. The molecule has 1 N–H and O–H groups in total. The lowest BCUT2D eigenvalue weighted by atomic mass is 10.3. The van der Waals surface area contributed by atoms with E-state index in [4.69, 9.17) is 4.74 Å². The van der Waals surface area contributed by atoms with Crippen molar-refractivity contribution in [3.05, 3.63) is 54.6 Å². The number of methoxy groups -OCH3 is 1. The Hall–Kier alpha value is -1.61. The van der Waals surface area contributed by atoms with Gasteiger partial charge < -0.3 is 9.46 Å². The maximum absolute atomic E-state index is 5.10. The first-order valence-electron chi connectivity index (χ1n) is 5.00. The molecule has 0 heterocycles. The number of rotatable bonds is 4. The minimum atomic E-state index is 0.871. The molecular formula is C13H13NOS. The van der Waals surface area contributed by atoms with Crippen LogP contribution in [0.4, 0.5) is 5.69 Å². The van der Waals surface area contributed by atoms with Crippen LogP contribution >= 0.6 is 11.9 Å². The first-order valence-corrected chi connectivity index (χ1v) is 5.82. The molecule has 0 aliphatic rings. The SMILES string of the molecule is COc1ccc(NSc2ccccc2)cc1. The van der Waals surface area contributed by atoms with Gasteiger partial charge in [0.05, 0.1) is 7.11 Å². The summed E-state index contributed by atoms with van der Waals surface area (Å²) in [6, 6.07) is 18.1. The van der Waals surface area contributed by atoms with Crippen molar-refractivity contribution in [2.75, 3.05) is 11.8 Å². The van der Waals surface area contributed by atoms with Crippen LogP contribution in [0.2, 0.25) is 0 Å². The van der Waals surface area contributed by atoms with Gasteiger partial charge in [0.15, 0.2) is 0 Å². The minimum Gasteiger partial charge on any atom is -0.497 e. The molecule has 0 aliphatic carbocycles. The number of anilines is 1. The molecule has 2 aromatic carbocycles. The van der Waals surface area contributed by atoms with Crippen LogP contribution < -0.4 is 9.46 Å². The average molecular weight is 231 g/mol. The van der Waals surface area contributed by atoms with Gasteiger partial charge in [-0.3, -0.25) is 0 Å². The second-order valence-electron chi connectivity index (χ2n) is 3.25. The van der Waals surface area contributed by atoms with E-state index in [0.717, 1.165) is 11.4 Å². The molecule has 0 aliphatic heterocycles. The van der Waals surface area contributed by atoms with E-state index in [9.17, 15) is 0 Å². The van der Waals surface area contributed by atoms with Gasteiger partial charge in [-0.1, -0.05) is 18.2 Å². The second kappa shape index (κ2) is 5.47. The molecule has 2 aromatic rings. The number of nitrogens with one attached hydrogen (secondary N) is 1. The van der Waals surface area contributed by atoms with E-state index in [1.165, 1.54) is 4.90 Å². The van der Waals surface area contributed by atoms with E-state index in [0.29, 0.717) is 0 Å². The second-order valence-corrected chi connectivity index (χ2v) is 4.13. The van der Waals surface area contributed by atoms with Crippen LogP contribution in [0.3, 0.4) is 0 Å². The van der Waals surface area contributed by atoms with Crippen LogP contribution in [0.25, 0.3) is 0 Å². The normalized spacial score (nSPS) is 9.81. The van der Waals surface area contributed by atoms with Crippen molar-refractivity contribution >= 4 is 17.6 Å². The molecule has 0 saturated heterocycles. The summed E-state index contributed by atoms with van der Waals surface area (Å²) in [5.74, 6) is 0.871. The summed E-state index contributed by atoms with van der Waals surface area (Å²) in [6.45, 7) is 0. The van der Waals surface area contributed by atoms with Crippen LogP contribution in [0, 0.1) is 0 Å². The van der Waals surface area contributed by atoms with Gasteiger partial charge in [0, 0.05) is 10.6 Å².